The topological polar surface area (TPSA) is 123 Å². The molecule has 10 nitrogen and oxygen atoms in total. The highest BCUT2D eigenvalue weighted by Gasteiger charge is 2.16. The van der Waals surface area contributed by atoms with Gasteiger partial charge < -0.3 is 15.2 Å². The molecule has 0 saturated carbocycles. The summed E-state index contributed by atoms with van der Waals surface area (Å²) in [5.41, 5.74) is 2.41. The number of carbonyl (C=O) groups is 2. The van der Waals surface area contributed by atoms with Crippen LogP contribution < -0.4 is 10.6 Å². The van der Waals surface area contributed by atoms with E-state index in [2.05, 4.69) is 30.9 Å². The fraction of sp³-hybridized carbons (Fsp3) is 0.211. The van der Waals surface area contributed by atoms with E-state index in [1.807, 2.05) is 11.5 Å². The fourth-order valence-electron chi connectivity index (χ4n) is 3.12. The Morgan fingerprint density at radius 1 is 1.24 bits per heavy atom. The third-order valence-corrected chi connectivity index (χ3v) is 4.52. The number of amides is 2. The molecule has 0 aliphatic carbocycles. The van der Waals surface area contributed by atoms with Gasteiger partial charge in [0.1, 0.15) is 5.82 Å². The van der Waals surface area contributed by atoms with Crippen LogP contribution in [0.15, 0.2) is 43.0 Å². The zero-order chi connectivity index (χ0) is 20.4. The molecule has 1 aromatic carbocycles. The lowest BCUT2D eigenvalue weighted by Gasteiger charge is -2.08. The van der Waals surface area contributed by atoms with Crippen LogP contribution in [0.4, 0.5) is 11.5 Å². The summed E-state index contributed by atoms with van der Waals surface area (Å²) < 4.78 is 3.48. The van der Waals surface area contributed by atoms with Crippen molar-refractivity contribution in [2.75, 3.05) is 10.6 Å². The van der Waals surface area contributed by atoms with Gasteiger partial charge in [-0.3, -0.25) is 14.7 Å². The van der Waals surface area contributed by atoms with Crippen LogP contribution in [0, 0.1) is 6.92 Å². The second kappa shape index (κ2) is 7.58. The molecule has 0 bridgehead atoms. The number of rotatable bonds is 6. The number of H-pyrrole nitrogens is 1. The number of hydrogen-bond acceptors (Lipinski definition) is 5. The van der Waals surface area contributed by atoms with Gasteiger partial charge in [0.25, 0.3) is 5.91 Å². The molecule has 4 rings (SSSR count). The zero-order valence-corrected chi connectivity index (χ0v) is 16.0. The van der Waals surface area contributed by atoms with Crippen molar-refractivity contribution in [1.29, 1.82) is 0 Å². The summed E-state index contributed by atoms with van der Waals surface area (Å²) in [5.74, 6) is 0.0382. The summed E-state index contributed by atoms with van der Waals surface area (Å²) in [6.07, 6.45) is 5.43. The monoisotopic (exact) mass is 392 g/mol. The van der Waals surface area contributed by atoms with Gasteiger partial charge in [-0.15, -0.1) is 0 Å². The average Bonchev–Trinajstić information content (AvgIpc) is 3.41. The SMILES string of the molecule is Cc1nn(C)c2n[nH]c(NC(=O)c3cccc(NC(=O)CCn4ccnc4)c3)c12. The molecule has 2 amide bonds. The van der Waals surface area contributed by atoms with E-state index >= 15 is 0 Å². The van der Waals surface area contributed by atoms with Gasteiger partial charge in [0.15, 0.2) is 5.65 Å². The van der Waals surface area contributed by atoms with Gasteiger partial charge >= 0.3 is 0 Å². The van der Waals surface area contributed by atoms with E-state index < -0.39 is 0 Å². The third kappa shape index (κ3) is 3.86. The summed E-state index contributed by atoms with van der Waals surface area (Å²) in [4.78, 5) is 28.8. The quantitative estimate of drug-likeness (QED) is 0.464. The molecule has 4 aromatic rings. The molecule has 3 heterocycles. The molecule has 0 saturated heterocycles. The molecule has 0 aliphatic rings. The van der Waals surface area contributed by atoms with Gasteiger partial charge in [-0.2, -0.15) is 10.2 Å². The van der Waals surface area contributed by atoms with E-state index in [0.29, 0.717) is 35.7 Å². The molecular formula is C19H20N8O2. The third-order valence-electron chi connectivity index (χ3n) is 4.52. The molecule has 0 atom stereocenters. The summed E-state index contributed by atoms with van der Waals surface area (Å²) in [5, 5.41) is 17.7. The smallest absolute Gasteiger partial charge is 0.256 e. The van der Waals surface area contributed by atoms with Crippen LogP contribution in [-0.4, -0.2) is 41.3 Å². The number of hydrogen-bond donors (Lipinski definition) is 3. The molecular weight excluding hydrogens is 372 g/mol. The molecule has 148 valence electrons. The van der Waals surface area contributed by atoms with Crippen LogP contribution in [0.3, 0.4) is 0 Å². The highest BCUT2D eigenvalue weighted by Crippen LogP contribution is 2.24. The van der Waals surface area contributed by atoms with Gasteiger partial charge in [-0.25, -0.2) is 9.67 Å². The molecule has 3 N–H and O–H groups in total. The number of aromatic amines is 1. The van der Waals surface area contributed by atoms with Gasteiger partial charge in [-0.05, 0) is 25.1 Å². The first-order valence-corrected chi connectivity index (χ1v) is 9.06. The Morgan fingerprint density at radius 3 is 2.90 bits per heavy atom. The standard InChI is InChI=1S/C19H20N8O2/c1-12-16-17(23-24-18(16)26(2)25-12)22-19(29)13-4-3-5-14(10-13)21-15(28)6-8-27-9-7-20-11-27/h3-5,7,9-11H,6,8H2,1-2H3,(H,21,28)(H2,22,23,24,29). The van der Waals surface area contributed by atoms with Gasteiger partial charge in [0.05, 0.1) is 17.4 Å². The number of benzene rings is 1. The van der Waals surface area contributed by atoms with E-state index in [1.54, 1.807) is 54.7 Å². The maximum atomic E-state index is 12.7. The van der Waals surface area contributed by atoms with Crippen molar-refractivity contribution < 1.29 is 9.59 Å². The minimum absolute atomic E-state index is 0.141. The second-order valence-corrected chi connectivity index (χ2v) is 6.64. The normalized spacial score (nSPS) is 11.0. The predicted octanol–water partition coefficient (Wildman–Crippen LogP) is 2.08. The molecule has 3 aromatic heterocycles. The molecule has 29 heavy (non-hydrogen) atoms. The van der Waals surface area contributed by atoms with Crippen molar-refractivity contribution in [2.45, 2.75) is 19.9 Å². The molecule has 0 radical (unpaired) electrons. The van der Waals surface area contributed by atoms with E-state index in [-0.39, 0.29) is 11.8 Å². The summed E-state index contributed by atoms with van der Waals surface area (Å²) in [7, 11) is 1.79. The number of aryl methyl sites for hydroxylation is 3. The lowest BCUT2D eigenvalue weighted by Crippen LogP contribution is -2.16. The van der Waals surface area contributed by atoms with Crippen molar-refractivity contribution in [3.8, 4) is 0 Å². The van der Waals surface area contributed by atoms with E-state index in [1.165, 1.54) is 0 Å². The van der Waals surface area contributed by atoms with Gasteiger partial charge in [0, 0.05) is 43.7 Å². The minimum atomic E-state index is -0.312. The minimum Gasteiger partial charge on any atom is -0.337 e. The van der Waals surface area contributed by atoms with Crippen molar-refractivity contribution in [3.05, 3.63) is 54.2 Å². The number of carbonyl (C=O) groups excluding carboxylic acids is 2. The Hall–Kier alpha value is -3.95. The Balaban J connectivity index is 1.43. The van der Waals surface area contributed by atoms with E-state index in [4.69, 9.17) is 0 Å². The first-order valence-electron chi connectivity index (χ1n) is 9.06. The largest absolute Gasteiger partial charge is 0.337 e. The number of aromatic nitrogens is 6. The Labute approximate surface area is 165 Å². The van der Waals surface area contributed by atoms with Gasteiger partial charge in [-0.1, -0.05) is 6.07 Å². The van der Waals surface area contributed by atoms with Crippen LogP contribution in [0.1, 0.15) is 22.5 Å². The lowest BCUT2D eigenvalue weighted by atomic mass is 10.2. The molecule has 0 unspecified atom stereocenters. The Morgan fingerprint density at radius 2 is 2.10 bits per heavy atom. The molecule has 10 heteroatoms. The highest BCUT2D eigenvalue weighted by molar-refractivity contribution is 6.08. The molecule has 0 spiro atoms. The lowest BCUT2D eigenvalue weighted by molar-refractivity contribution is -0.116. The number of nitrogens with one attached hydrogen (secondary N) is 3. The van der Waals surface area contributed by atoms with Crippen LogP contribution >= 0.6 is 0 Å². The first-order chi connectivity index (χ1) is 14.0. The van der Waals surface area contributed by atoms with Crippen molar-refractivity contribution >= 4 is 34.4 Å². The van der Waals surface area contributed by atoms with Crippen LogP contribution in [-0.2, 0) is 18.4 Å². The number of fused-ring (bicyclic) bond motifs is 1. The predicted molar refractivity (Wildman–Crippen MR) is 107 cm³/mol. The number of imidazole rings is 1. The Kier molecular flexibility index (Phi) is 4.82. The molecule has 0 fully saturated rings. The van der Waals surface area contributed by atoms with Crippen molar-refractivity contribution in [2.24, 2.45) is 7.05 Å². The van der Waals surface area contributed by atoms with Crippen LogP contribution in [0.2, 0.25) is 0 Å². The zero-order valence-electron chi connectivity index (χ0n) is 16.0. The number of anilines is 2. The van der Waals surface area contributed by atoms with Crippen LogP contribution in [0.25, 0.3) is 11.0 Å². The van der Waals surface area contributed by atoms with Crippen molar-refractivity contribution in [1.82, 2.24) is 29.5 Å². The van der Waals surface area contributed by atoms with E-state index in [9.17, 15) is 9.59 Å². The highest BCUT2D eigenvalue weighted by atomic mass is 16.2. The maximum absolute atomic E-state index is 12.7. The Bertz CT molecular complexity index is 1170. The van der Waals surface area contributed by atoms with E-state index in [0.717, 1.165) is 11.1 Å². The number of nitrogens with zero attached hydrogens (tertiary/aromatic N) is 5. The molecule has 0 aliphatic heterocycles. The van der Waals surface area contributed by atoms with Gasteiger partial charge in [0.2, 0.25) is 5.91 Å². The maximum Gasteiger partial charge on any atom is 0.256 e. The first kappa shape index (κ1) is 18.4. The summed E-state index contributed by atoms with van der Waals surface area (Å²) in [6, 6.07) is 6.78. The summed E-state index contributed by atoms with van der Waals surface area (Å²) in [6.45, 7) is 2.39. The second-order valence-electron chi connectivity index (χ2n) is 6.64. The average molecular weight is 392 g/mol. The van der Waals surface area contributed by atoms with Crippen molar-refractivity contribution in [3.63, 3.8) is 0 Å². The van der Waals surface area contributed by atoms with Crippen LogP contribution in [0.5, 0.6) is 0 Å². The fourth-order valence-corrected chi connectivity index (χ4v) is 3.12. The summed E-state index contributed by atoms with van der Waals surface area (Å²) >= 11 is 0.